The molecule has 80 valence electrons. The van der Waals surface area contributed by atoms with Crippen molar-refractivity contribution in [2.45, 2.75) is 30.7 Å². The first-order valence-electron chi connectivity index (χ1n) is 5.69. The highest BCUT2D eigenvalue weighted by atomic mass is 35.5. The molecule has 0 heterocycles. The SMILES string of the molecule is CNC1C2CCC1(c1ccc(Cl)cc1)C2. The van der Waals surface area contributed by atoms with Crippen molar-refractivity contribution in [2.75, 3.05) is 7.05 Å². The summed E-state index contributed by atoms with van der Waals surface area (Å²) in [6, 6.07) is 9.13. The molecule has 3 saturated carbocycles. The summed E-state index contributed by atoms with van der Waals surface area (Å²) in [4.78, 5) is 0. The maximum Gasteiger partial charge on any atom is 0.0406 e. The fourth-order valence-corrected chi connectivity index (χ4v) is 3.83. The van der Waals surface area contributed by atoms with E-state index < -0.39 is 0 Å². The molecule has 1 N–H and O–H groups in total. The molecule has 0 amide bonds. The number of rotatable bonds is 2. The number of hydrogen-bond donors (Lipinski definition) is 1. The van der Waals surface area contributed by atoms with Crippen molar-refractivity contribution in [3.05, 3.63) is 34.9 Å². The standard InChI is InChI=1S/C13H16ClN/c1-15-12-9-6-7-13(12,8-9)10-2-4-11(14)5-3-10/h2-5,9,12,15H,6-8H2,1H3. The van der Waals surface area contributed by atoms with Crippen molar-refractivity contribution in [2.24, 2.45) is 5.92 Å². The van der Waals surface area contributed by atoms with Crippen LogP contribution >= 0.6 is 11.6 Å². The number of halogens is 1. The Kier molecular flexibility index (Phi) is 2.08. The zero-order chi connectivity index (χ0) is 10.5. The molecular formula is C13H16ClN. The highest BCUT2D eigenvalue weighted by Crippen LogP contribution is 2.59. The van der Waals surface area contributed by atoms with Crippen LogP contribution in [0, 0.1) is 5.92 Å². The van der Waals surface area contributed by atoms with E-state index in [-0.39, 0.29) is 0 Å². The first-order chi connectivity index (χ1) is 7.26. The van der Waals surface area contributed by atoms with Gasteiger partial charge in [-0.1, -0.05) is 23.7 Å². The Morgan fingerprint density at radius 3 is 2.67 bits per heavy atom. The van der Waals surface area contributed by atoms with Crippen LogP contribution in [0.3, 0.4) is 0 Å². The topological polar surface area (TPSA) is 12.0 Å². The lowest BCUT2D eigenvalue weighted by Crippen LogP contribution is -2.55. The van der Waals surface area contributed by atoms with Crippen LogP contribution in [-0.2, 0) is 5.41 Å². The van der Waals surface area contributed by atoms with Crippen LogP contribution < -0.4 is 5.32 Å². The molecule has 1 aromatic rings. The minimum Gasteiger partial charge on any atom is -0.316 e. The molecule has 2 bridgehead atoms. The van der Waals surface area contributed by atoms with Crippen molar-refractivity contribution >= 4 is 11.6 Å². The van der Waals surface area contributed by atoms with Crippen LogP contribution in [0.15, 0.2) is 24.3 Å². The second-order valence-corrected chi connectivity index (χ2v) is 5.37. The van der Waals surface area contributed by atoms with Gasteiger partial charge in [0.2, 0.25) is 0 Å². The van der Waals surface area contributed by atoms with Crippen molar-refractivity contribution in [3.8, 4) is 0 Å². The van der Waals surface area contributed by atoms with Crippen LogP contribution in [0.5, 0.6) is 0 Å². The monoisotopic (exact) mass is 221 g/mol. The normalized spacial score (nSPS) is 37.7. The molecule has 0 saturated heterocycles. The summed E-state index contributed by atoms with van der Waals surface area (Å²) < 4.78 is 0. The maximum absolute atomic E-state index is 5.93. The third kappa shape index (κ3) is 1.20. The predicted molar refractivity (Wildman–Crippen MR) is 63.3 cm³/mol. The summed E-state index contributed by atoms with van der Waals surface area (Å²) in [5, 5.41) is 4.32. The summed E-state index contributed by atoms with van der Waals surface area (Å²) in [5.74, 6) is 0.908. The van der Waals surface area contributed by atoms with Crippen LogP contribution in [0.1, 0.15) is 24.8 Å². The lowest BCUT2D eigenvalue weighted by Gasteiger charge is -2.48. The molecular weight excluding hydrogens is 206 g/mol. The molecule has 1 aromatic carbocycles. The van der Waals surface area contributed by atoms with Crippen molar-refractivity contribution in [3.63, 3.8) is 0 Å². The summed E-state index contributed by atoms with van der Waals surface area (Å²) >= 11 is 5.93. The average Bonchev–Trinajstić information content (AvgIpc) is 2.78. The van der Waals surface area contributed by atoms with E-state index in [1.54, 1.807) is 0 Å². The van der Waals surface area contributed by atoms with Gasteiger partial charge >= 0.3 is 0 Å². The van der Waals surface area contributed by atoms with E-state index in [0.717, 1.165) is 10.9 Å². The van der Waals surface area contributed by atoms with Gasteiger partial charge < -0.3 is 5.32 Å². The van der Waals surface area contributed by atoms with E-state index in [2.05, 4.69) is 24.5 Å². The lowest BCUT2D eigenvalue weighted by atomic mass is 9.61. The van der Waals surface area contributed by atoms with Gasteiger partial charge in [-0.3, -0.25) is 0 Å². The number of benzene rings is 1. The third-order valence-electron chi connectivity index (χ3n) is 4.38. The van der Waals surface area contributed by atoms with Crippen LogP contribution in [0.4, 0.5) is 0 Å². The quantitative estimate of drug-likeness (QED) is 0.810. The molecule has 3 aliphatic rings. The molecule has 3 aliphatic carbocycles. The highest BCUT2D eigenvalue weighted by Gasteiger charge is 2.58. The molecule has 3 atom stereocenters. The van der Waals surface area contributed by atoms with E-state index in [1.165, 1.54) is 24.8 Å². The molecule has 2 heteroatoms. The Morgan fingerprint density at radius 1 is 1.33 bits per heavy atom. The zero-order valence-corrected chi connectivity index (χ0v) is 9.72. The van der Waals surface area contributed by atoms with Crippen LogP contribution in [0.2, 0.25) is 5.02 Å². The molecule has 0 radical (unpaired) electrons. The predicted octanol–water partition coefficient (Wildman–Crippen LogP) is 2.98. The van der Waals surface area contributed by atoms with Gasteiger partial charge in [-0.2, -0.15) is 0 Å². The van der Waals surface area contributed by atoms with E-state index in [9.17, 15) is 0 Å². The Labute approximate surface area is 95.8 Å². The van der Waals surface area contributed by atoms with Gasteiger partial charge in [-0.25, -0.2) is 0 Å². The summed E-state index contributed by atoms with van der Waals surface area (Å²) in [5.41, 5.74) is 1.89. The summed E-state index contributed by atoms with van der Waals surface area (Å²) in [7, 11) is 2.09. The minimum atomic E-state index is 0.421. The number of hydrogen-bond acceptors (Lipinski definition) is 1. The fourth-order valence-electron chi connectivity index (χ4n) is 3.71. The smallest absolute Gasteiger partial charge is 0.0406 e. The largest absolute Gasteiger partial charge is 0.316 e. The average molecular weight is 222 g/mol. The fraction of sp³-hybridized carbons (Fsp3) is 0.538. The van der Waals surface area contributed by atoms with Crippen LogP contribution in [0.25, 0.3) is 0 Å². The molecule has 3 unspecified atom stereocenters. The lowest BCUT2D eigenvalue weighted by molar-refractivity contribution is 0.157. The maximum atomic E-state index is 5.93. The molecule has 0 aliphatic heterocycles. The Morgan fingerprint density at radius 2 is 2.07 bits per heavy atom. The van der Waals surface area contributed by atoms with Crippen molar-refractivity contribution in [1.29, 1.82) is 0 Å². The number of fused-ring (bicyclic) bond motifs is 1. The van der Waals surface area contributed by atoms with Gasteiger partial charge in [0.05, 0.1) is 0 Å². The molecule has 0 aromatic heterocycles. The Balaban J connectivity index is 1.96. The van der Waals surface area contributed by atoms with Crippen molar-refractivity contribution in [1.82, 2.24) is 5.32 Å². The second-order valence-electron chi connectivity index (χ2n) is 4.93. The van der Waals surface area contributed by atoms with Gasteiger partial charge in [0, 0.05) is 16.5 Å². The minimum absolute atomic E-state index is 0.421. The van der Waals surface area contributed by atoms with E-state index in [1.807, 2.05) is 12.1 Å². The summed E-state index contributed by atoms with van der Waals surface area (Å²) in [6.45, 7) is 0. The van der Waals surface area contributed by atoms with Gasteiger partial charge in [0.15, 0.2) is 0 Å². The molecule has 4 rings (SSSR count). The molecule has 15 heavy (non-hydrogen) atoms. The van der Waals surface area contributed by atoms with E-state index in [4.69, 9.17) is 11.6 Å². The third-order valence-corrected chi connectivity index (χ3v) is 4.64. The zero-order valence-electron chi connectivity index (χ0n) is 8.96. The van der Waals surface area contributed by atoms with Gasteiger partial charge in [0.1, 0.15) is 0 Å². The van der Waals surface area contributed by atoms with Gasteiger partial charge in [-0.15, -0.1) is 0 Å². The Hall–Kier alpha value is -0.530. The first-order valence-corrected chi connectivity index (χ1v) is 6.07. The van der Waals surface area contributed by atoms with Gasteiger partial charge in [-0.05, 0) is 49.9 Å². The first kappa shape index (κ1) is 9.68. The highest BCUT2D eigenvalue weighted by molar-refractivity contribution is 6.30. The number of likely N-dealkylation sites (N-methyl/N-ethyl adjacent to an activating group) is 1. The van der Waals surface area contributed by atoms with Gasteiger partial charge in [0.25, 0.3) is 0 Å². The van der Waals surface area contributed by atoms with Crippen molar-refractivity contribution < 1.29 is 0 Å². The molecule has 3 fully saturated rings. The summed E-state index contributed by atoms with van der Waals surface area (Å²) in [6.07, 6.45) is 4.08. The van der Waals surface area contributed by atoms with Crippen LogP contribution in [-0.4, -0.2) is 13.1 Å². The van der Waals surface area contributed by atoms with E-state index in [0.29, 0.717) is 11.5 Å². The second kappa shape index (κ2) is 3.23. The van der Waals surface area contributed by atoms with E-state index >= 15 is 0 Å². The Bertz CT molecular complexity index is 369. The number of nitrogens with one attached hydrogen (secondary N) is 1. The molecule has 0 spiro atoms. The molecule has 1 nitrogen and oxygen atoms in total.